The number of hydrogen-bond acceptors (Lipinski definition) is 5. The Labute approximate surface area is 110 Å². The van der Waals surface area contributed by atoms with Crippen LogP contribution < -0.4 is 5.46 Å². The summed E-state index contributed by atoms with van der Waals surface area (Å²) < 4.78 is 12.0. The second-order valence-electron chi connectivity index (χ2n) is 5.53. The molecule has 0 bridgehead atoms. The molecule has 0 aliphatic carbocycles. The second kappa shape index (κ2) is 3.76. The molecule has 2 aromatic heterocycles. The predicted molar refractivity (Wildman–Crippen MR) is 73.1 cm³/mol. The summed E-state index contributed by atoms with van der Waals surface area (Å²) in [6.07, 6.45) is 1.81. The van der Waals surface area contributed by atoms with Gasteiger partial charge in [-0.05, 0) is 33.8 Å². The van der Waals surface area contributed by atoms with Gasteiger partial charge in [-0.3, -0.25) is 0 Å². The van der Waals surface area contributed by atoms with Crippen LogP contribution in [0.5, 0.6) is 0 Å². The van der Waals surface area contributed by atoms with Crippen molar-refractivity contribution in [3.05, 3.63) is 17.8 Å². The standard InChI is InChI=1S/C12H15BN2O2S/c1-11(2)12(3,4)17-13(16-11)8-5-9-10(14-6-8)18-7-15-9/h5-7H,1-4H3. The van der Waals surface area contributed by atoms with Crippen LogP contribution in [0.4, 0.5) is 0 Å². The molecule has 0 unspecified atom stereocenters. The predicted octanol–water partition coefficient (Wildman–Crippen LogP) is 1.99. The Balaban J connectivity index is 1.96. The lowest BCUT2D eigenvalue weighted by Gasteiger charge is -2.32. The molecule has 4 nitrogen and oxygen atoms in total. The molecule has 18 heavy (non-hydrogen) atoms. The van der Waals surface area contributed by atoms with Gasteiger partial charge >= 0.3 is 7.12 Å². The van der Waals surface area contributed by atoms with E-state index in [0.717, 1.165) is 15.8 Å². The fourth-order valence-corrected chi connectivity index (χ4v) is 2.49. The maximum atomic E-state index is 5.99. The van der Waals surface area contributed by atoms with E-state index in [1.807, 2.05) is 40.0 Å². The Bertz CT molecular complexity index is 581. The molecule has 1 aliphatic rings. The first-order chi connectivity index (χ1) is 8.39. The SMILES string of the molecule is CC1(C)OB(c2cnc3scnc3c2)OC1(C)C. The molecule has 94 valence electrons. The van der Waals surface area contributed by atoms with Crippen molar-refractivity contribution in [1.82, 2.24) is 9.97 Å². The summed E-state index contributed by atoms with van der Waals surface area (Å²) in [4.78, 5) is 9.59. The maximum absolute atomic E-state index is 5.99. The zero-order valence-electron chi connectivity index (χ0n) is 10.9. The van der Waals surface area contributed by atoms with Gasteiger partial charge in [0.05, 0.1) is 22.2 Å². The van der Waals surface area contributed by atoms with Gasteiger partial charge in [-0.15, -0.1) is 11.3 Å². The van der Waals surface area contributed by atoms with E-state index < -0.39 is 0 Å². The van der Waals surface area contributed by atoms with Crippen LogP contribution in [0.25, 0.3) is 10.3 Å². The summed E-state index contributed by atoms with van der Waals surface area (Å²) in [6.45, 7) is 8.17. The molecule has 1 fully saturated rings. The van der Waals surface area contributed by atoms with Crippen molar-refractivity contribution in [2.24, 2.45) is 0 Å². The van der Waals surface area contributed by atoms with Crippen LogP contribution in [0, 0.1) is 0 Å². The highest BCUT2D eigenvalue weighted by atomic mass is 32.1. The molecule has 3 rings (SSSR count). The summed E-state index contributed by atoms with van der Waals surface area (Å²) in [7, 11) is -0.367. The topological polar surface area (TPSA) is 44.2 Å². The van der Waals surface area contributed by atoms with Gasteiger partial charge in [0, 0.05) is 11.7 Å². The lowest BCUT2D eigenvalue weighted by Crippen LogP contribution is -2.41. The van der Waals surface area contributed by atoms with E-state index in [4.69, 9.17) is 9.31 Å². The zero-order valence-corrected chi connectivity index (χ0v) is 11.7. The molecule has 0 spiro atoms. The number of thiazole rings is 1. The zero-order chi connectivity index (χ0) is 13.0. The molecule has 0 amide bonds. The molecule has 0 aromatic carbocycles. The number of aromatic nitrogens is 2. The third kappa shape index (κ3) is 1.76. The molecule has 3 heterocycles. The molecule has 0 saturated carbocycles. The van der Waals surface area contributed by atoms with Gasteiger partial charge in [0.15, 0.2) is 0 Å². The molecule has 2 aromatic rings. The normalized spacial score (nSPS) is 21.7. The first-order valence-corrected chi connectivity index (χ1v) is 6.82. The van der Waals surface area contributed by atoms with Crippen LogP contribution in [0.1, 0.15) is 27.7 Å². The van der Waals surface area contributed by atoms with Crippen molar-refractivity contribution >= 4 is 34.3 Å². The Kier molecular flexibility index (Phi) is 2.52. The first-order valence-electron chi connectivity index (χ1n) is 5.94. The van der Waals surface area contributed by atoms with Gasteiger partial charge in [-0.2, -0.15) is 0 Å². The smallest absolute Gasteiger partial charge is 0.399 e. The number of nitrogens with zero attached hydrogens (tertiary/aromatic N) is 2. The first kappa shape index (κ1) is 12.1. The van der Waals surface area contributed by atoms with Crippen molar-refractivity contribution in [2.75, 3.05) is 0 Å². The summed E-state index contributed by atoms with van der Waals surface area (Å²) in [6, 6.07) is 1.99. The average molecular weight is 262 g/mol. The second-order valence-corrected chi connectivity index (χ2v) is 6.37. The van der Waals surface area contributed by atoms with E-state index in [2.05, 4.69) is 9.97 Å². The Morgan fingerprint density at radius 1 is 1.11 bits per heavy atom. The Morgan fingerprint density at radius 2 is 1.78 bits per heavy atom. The minimum atomic E-state index is -0.367. The van der Waals surface area contributed by atoms with Gasteiger partial charge < -0.3 is 9.31 Å². The fraction of sp³-hybridized carbons (Fsp3) is 0.500. The van der Waals surface area contributed by atoms with E-state index in [9.17, 15) is 0 Å². The lowest BCUT2D eigenvalue weighted by atomic mass is 9.80. The molecular formula is C12H15BN2O2S. The van der Waals surface area contributed by atoms with Crippen molar-refractivity contribution in [2.45, 2.75) is 38.9 Å². The molecule has 1 saturated heterocycles. The van der Waals surface area contributed by atoms with Gasteiger partial charge in [-0.25, -0.2) is 9.97 Å². The third-order valence-corrected chi connectivity index (χ3v) is 4.48. The Morgan fingerprint density at radius 3 is 2.44 bits per heavy atom. The quantitative estimate of drug-likeness (QED) is 0.737. The van der Waals surface area contributed by atoms with Crippen molar-refractivity contribution < 1.29 is 9.31 Å². The van der Waals surface area contributed by atoms with E-state index in [-0.39, 0.29) is 18.3 Å². The minimum absolute atomic E-state index is 0.325. The largest absolute Gasteiger partial charge is 0.496 e. The number of hydrogen-bond donors (Lipinski definition) is 0. The fourth-order valence-electron chi connectivity index (χ4n) is 1.88. The molecule has 0 atom stereocenters. The number of pyridine rings is 1. The summed E-state index contributed by atoms with van der Waals surface area (Å²) in [5.74, 6) is 0. The molecule has 0 radical (unpaired) electrons. The van der Waals surface area contributed by atoms with Crippen LogP contribution in [0.15, 0.2) is 17.8 Å². The van der Waals surface area contributed by atoms with Gasteiger partial charge in [-0.1, -0.05) is 0 Å². The van der Waals surface area contributed by atoms with Crippen LogP contribution >= 0.6 is 11.3 Å². The molecule has 0 N–H and O–H groups in total. The third-order valence-electron chi connectivity index (χ3n) is 3.73. The highest BCUT2D eigenvalue weighted by Crippen LogP contribution is 2.36. The van der Waals surface area contributed by atoms with Crippen molar-refractivity contribution in [3.8, 4) is 0 Å². The van der Waals surface area contributed by atoms with Crippen molar-refractivity contribution in [3.63, 3.8) is 0 Å². The summed E-state index contributed by atoms with van der Waals surface area (Å²) in [5.41, 5.74) is 2.97. The van der Waals surface area contributed by atoms with E-state index in [1.54, 1.807) is 5.51 Å². The van der Waals surface area contributed by atoms with Crippen LogP contribution in [0.2, 0.25) is 0 Å². The lowest BCUT2D eigenvalue weighted by molar-refractivity contribution is 0.00578. The maximum Gasteiger partial charge on any atom is 0.496 e. The highest BCUT2D eigenvalue weighted by Gasteiger charge is 2.51. The monoisotopic (exact) mass is 262 g/mol. The molecular weight excluding hydrogens is 247 g/mol. The number of rotatable bonds is 1. The van der Waals surface area contributed by atoms with Crippen LogP contribution in [-0.4, -0.2) is 28.3 Å². The van der Waals surface area contributed by atoms with Crippen LogP contribution in [0.3, 0.4) is 0 Å². The van der Waals surface area contributed by atoms with Gasteiger partial charge in [0.1, 0.15) is 4.83 Å². The Hall–Kier alpha value is -0.975. The average Bonchev–Trinajstić information content (AvgIpc) is 2.80. The summed E-state index contributed by atoms with van der Waals surface area (Å²) >= 11 is 1.53. The van der Waals surface area contributed by atoms with Crippen LogP contribution in [-0.2, 0) is 9.31 Å². The molecule has 6 heteroatoms. The van der Waals surface area contributed by atoms with E-state index in [1.165, 1.54) is 11.3 Å². The van der Waals surface area contributed by atoms with E-state index in [0.29, 0.717) is 0 Å². The van der Waals surface area contributed by atoms with Crippen molar-refractivity contribution in [1.29, 1.82) is 0 Å². The van der Waals surface area contributed by atoms with Gasteiger partial charge in [0.25, 0.3) is 0 Å². The summed E-state index contributed by atoms with van der Waals surface area (Å²) in [5, 5.41) is 0. The van der Waals surface area contributed by atoms with E-state index >= 15 is 0 Å². The molecule has 1 aliphatic heterocycles. The van der Waals surface area contributed by atoms with Gasteiger partial charge in [0.2, 0.25) is 0 Å². The minimum Gasteiger partial charge on any atom is -0.399 e. The highest BCUT2D eigenvalue weighted by molar-refractivity contribution is 7.16. The number of fused-ring (bicyclic) bond motifs is 1.